The highest BCUT2D eigenvalue weighted by atomic mass is 32.2. The predicted octanol–water partition coefficient (Wildman–Crippen LogP) is -1.40. The summed E-state index contributed by atoms with van der Waals surface area (Å²) in [6.45, 7) is 3.89. The molecule has 6 N–H and O–H groups in total. The van der Waals surface area contributed by atoms with Crippen LogP contribution in [0.3, 0.4) is 0 Å². The lowest BCUT2D eigenvalue weighted by Gasteiger charge is -2.50. The Morgan fingerprint density at radius 3 is 2.64 bits per heavy atom. The Labute approximate surface area is 258 Å². The van der Waals surface area contributed by atoms with Crippen molar-refractivity contribution >= 4 is 57.8 Å². The molecule has 2 aromatic rings. The van der Waals surface area contributed by atoms with Crippen molar-refractivity contribution < 1.29 is 38.7 Å². The topological polar surface area (TPSA) is 234 Å². The van der Waals surface area contributed by atoms with Gasteiger partial charge in [-0.1, -0.05) is 5.16 Å². The minimum atomic E-state index is -1.25. The molecule has 5 heterocycles. The number of hydrogen-bond donors (Lipinski definition) is 5. The average Bonchev–Trinajstić information content (AvgIpc) is 3.42. The molecule has 3 amide bonds. The maximum atomic E-state index is 13.2. The number of carboxylic acids is 1. The van der Waals surface area contributed by atoms with Crippen molar-refractivity contribution in [1.29, 1.82) is 0 Å². The SMILES string of the molecule is CCON=C(C(=O)N[C@@H]1C(=O)N2C(C(=O)O)=C(C[N+]3(C)CCN(C(=O)c4cc(=O)c(O)c[nH]4)CC3)CS[C@H]12)c1nsc(N)n1. The predicted molar refractivity (Wildman–Crippen MR) is 158 cm³/mol. The third-order valence-electron chi connectivity index (χ3n) is 7.49. The van der Waals surface area contributed by atoms with Gasteiger partial charge >= 0.3 is 5.97 Å². The number of nitrogens with one attached hydrogen (secondary N) is 2. The molecule has 0 aliphatic carbocycles. The Morgan fingerprint density at radius 2 is 2.02 bits per heavy atom. The van der Waals surface area contributed by atoms with Crippen molar-refractivity contribution in [1.82, 2.24) is 29.5 Å². The summed E-state index contributed by atoms with van der Waals surface area (Å²) >= 11 is 2.21. The Bertz CT molecular complexity index is 1630. The van der Waals surface area contributed by atoms with Crippen LogP contribution in [-0.4, -0.2) is 132 Å². The molecule has 2 aromatic heterocycles. The second-order valence-electron chi connectivity index (χ2n) is 10.5. The monoisotopic (exact) mass is 648 g/mol. The molecule has 0 aromatic carbocycles. The van der Waals surface area contributed by atoms with Crippen LogP contribution < -0.4 is 16.5 Å². The molecule has 0 radical (unpaired) electrons. The van der Waals surface area contributed by atoms with Crippen LogP contribution in [0.15, 0.2) is 33.5 Å². The Hall–Kier alpha value is -4.49. The zero-order valence-corrected chi connectivity index (χ0v) is 25.3. The molecule has 0 spiro atoms. The first-order valence-corrected chi connectivity index (χ1v) is 15.3. The molecule has 0 unspecified atom stereocenters. The number of fused-ring (bicyclic) bond motifs is 1. The Balaban J connectivity index is 1.26. The molecule has 44 heavy (non-hydrogen) atoms. The lowest BCUT2D eigenvalue weighted by atomic mass is 10.0. The van der Waals surface area contributed by atoms with Gasteiger partial charge in [0.25, 0.3) is 17.7 Å². The molecule has 2 fully saturated rings. The summed E-state index contributed by atoms with van der Waals surface area (Å²) in [5.74, 6) is -3.18. The van der Waals surface area contributed by atoms with Crippen molar-refractivity contribution in [3.63, 3.8) is 0 Å². The molecule has 3 aliphatic rings. The fourth-order valence-electron chi connectivity index (χ4n) is 5.19. The molecule has 234 valence electrons. The number of pyridine rings is 1. The summed E-state index contributed by atoms with van der Waals surface area (Å²) in [7, 11) is 1.95. The number of aromatic amines is 1. The van der Waals surface area contributed by atoms with E-state index in [-0.39, 0.29) is 40.6 Å². The van der Waals surface area contributed by atoms with Crippen molar-refractivity contribution in [2.75, 3.05) is 57.9 Å². The number of carbonyl (C=O) groups excluding carboxylic acids is 3. The van der Waals surface area contributed by atoms with Crippen molar-refractivity contribution in [2.45, 2.75) is 18.3 Å². The number of thioether (sulfide) groups is 1. The number of aromatic hydroxyl groups is 1. The smallest absolute Gasteiger partial charge is 0.352 e. The number of rotatable bonds is 9. The number of carboxylic acid groups (broad SMARTS) is 1. The van der Waals surface area contributed by atoms with E-state index in [1.54, 1.807) is 11.8 Å². The Morgan fingerprint density at radius 1 is 1.30 bits per heavy atom. The first kappa shape index (κ1) is 31.0. The molecule has 3 aliphatic heterocycles. The number of aliphatic carboxylic acids is 1. The van der Waals surface area contributed by atoms with E-state index in [0.29, 0.717) is 48.5 Å². The highest BCUT2D eigenvalue weighted by Crippen LogP contribution is 2.41. The van der Waals surface area contributed by atoms with E-state index in [1.165, 1.54) is 16.7 Å². The minimum absolute atomic E-state index is 0.0538. The zero-order valence-electron chi connectivity index (χ0n) is 23.7. The first-order valence-electron chi connectivity index (χ1n) is 13.5. The van der Waals surface area contributed by atoms with Crippen LogP contribution in [0.4, 0.5) is 5.13 Å². The van der Waals surface area contributed by atoms with Crippen molar-refractivity contribution in [3.05, 3.63) is 45.3 Å². The van der Waals surface area contributed by atoms with Crippen LogP contribution in [0.25, 0.3) is 0 Å². The van der Waals surface area contributed by atoms with E-state index in [9.17, 15) is 34.2 Å². The van der Waals surface area contributed by atoms with Gasteiger partial charge in [-0.15, -0.1) is 11.8 Å². The third kappa shape index (κ3) is 5.97. The van der Waals surface area contributed by atoms with Gasteiger partial charge in [0.1, 0.15) is 36.0 Å². The summed E-state index contributed by atoms with van der Waals surface area (Å²) < 4.78 is 4.41. The number of aromatic nitrogens is 3. The summed E-state index contributed by atoms with van der Waals surface area (Å²) in [6.07, 6.45) is 1.07. The van der Waals surface area contributed by atoms with E-state index < -0.39 is 40.4 Å². The molecule has 19 heteroatoms. The number of amides is 3. The maximum Gasteiger partial charge on any atom is 0.352 e. The second-order valence-corrected chi connectivity index (χ2v) is 12.4. The number of hydrogen-bond acceptors (Lipinski definition) is 13. The van der Waals surface area contributed by atoms with Gasteiger partial charge in [-0.25, -0.2) is 4.79 Å². The number of oxime groups is 1. The molecule has 5 rings (SSSR count). The van der Waals surface area contributed by atoms with Gasteiger partial charge in [-0.05, 0) is 6.92 Å². The number of carbonyl (C=O) groups is 4. The number of nitrogen functional groups attached to an aromatic ring is 1. The highest BCUT2D eigenvalue weighted by Gasteiger charge is 2.55. The van der Waals surface area contributed by atoms with Gasteiger partial charge in [-0.3, -0.25) is 24.1 Å². The van der Waals surface area contributed by atoms with E-state index in [4.69, 9.17) is 10.6 Å². The van der Waals surface area contributed by atoms with Crippen LogP contribution in [0.5, 0.6) is 5.75 Å². The largest absolute Gasteiger partial charge is 0.503 e. The molecule has 17 nitrogen and oxygen atoms in total. The van der Waals surface area contributed by atoms with Crippen LogP contribution in [0, 0.1) is 0 Å². The van der Waals surface area contributed by atoms with Gasteiger partial charge in [0.2, 0.25) is 17.0 Å². The average molecular weight is 649 g/mol. The zero-order chi connectivity index (χ0) is 31.8. The Kier molecular flexibility index (Phi) is 8.62. The molecular formula is C25H30N9O8S2+. The van der Waals surface area contributed by atoms with E-state index >= 15 is 0 Å². The minimum Gasteiger partial charge on any atom is -0.503 e. The van der Waals surface area contributed by atoms with Crippen LogP contribution in [0.1, 0.15) is 23.2 Å². The van der Waals surface area contributed by atoms with Crippen LogP contribution in [0.2, 0.25) is 0 Å². The highest BCUT2D eigenvalue weighted by molar-refractivity contribution is 8.00. The summed E-state index contributed by atoms with van der Waals surface area (Å²) in [5.41, 5.74) is 5.25. The van der Waals surface area contributed by atoms with E-state index in [2.05, 4.69) is 24.8 Å². The van der Waals surface area contributed by atoms with Gasteiger partial charge in [0.15, 0.2) is 10.9 Å². The summed E-state index contributed by atoms with van der Waals surface area (Å²) in [5, 5.41) is 25.4. The number of anilines is 1. The summed E-state index contributed by atoms with van der Waals surface area (Å²) in [6, 6.07) is 0.0508. The normalized spacial score (nSPS) is 21.4. The lowest BCUT2D eigenvalue weighted by molar-refractivity contribution is -0.908. The molecule has 0 bridgehead atoms. The van der Waals surface area contributed by atoms with E-state index in [0.717, 1.165) is 23.8 Å². The number of β-lactam (4-membered cyclic amide) rings is 1. The quantitative estimate of drug-likeness (QED) is 0.0914. The van der Waals surface area contributed by atoms with Gasteiger partial charge < -0.3 is 40.5 Å². The first-order chi connectivity index (χ1) is 20.9. The van der Waals surface area contributed by atoms with Crippen molar-refractivity contribution in [2.24, 2.45) is 5.16 Å². The summed E-state index contributed by atoms with van der Waals surface area (Å²) in [4.78, 5) is 77.7. The van der Waals surface area contributed by atoms with Crippen LogP contribution >= 0.6 is 23.3 Å². The fraction of sp³-hybridized carbons (Fsp3) is 0.440. The maximum absolute atomic E-state index is 13.2. The van der Waals surface area contributed by atoms with Gasteiger partial charge in [0.05, 0.1) is 33.2 Å². The molecule has 0 saturated carbocycles. The fourth-order valence-corrected chi connectivity index (χ4v) is 6.96. The molecule has 2 atom stereocenters. The number of quaternary nitrogens is 1. The second kappa shape index (κ2) is 12.2. The lowest BCUT2D eigenvalue weighted by Crippen LogP contribution is -2.71. The standard InChI is InChI=1S/C25H29N9O8S2/c1-3-42-30-16(19-29-25(26)44-31-19)20(37)28-17-22(39)33-18(24(40)41)12(11-43-23(17)33)10-34(2)6-4-32(5-7-34)21(38)13-8-14(35)15(36)9-27-13/h8-9,17,23H,3-7,10-11H2,1-2H3,(H5-,26,27,28,29,30,31,35,36,37,38,40,41)/p+1/t17-,23-/m1/s1. The van der Waals surface area contributed by atoms with E-state index in [1.807, 2.05) is 7.05 Å². The van der Waals surface area contributed by atoms with Crippen molar-refractivity contribution in [3.8, 4) is 5.75 Å². The number of likely N-dealkylation sites (N-methyl/N-ethyl adjacent to an activating group) is 1. The van der Waals surface area contributed by atoms with Gasteiger partial charge in [0, 0.05) is 35.1 Å². The van der Waals surface area contributed by atoms with Gasteiger partial charge in [-0.2, -0.15) is 9.36 Å². The number of nitrogens with zero attached hydrogens (tertiary/aromatic N) is 6. The molecule has 2 saturated heterocycles. The molecular weight excluding hydrogens is 618 g/mol. The van der Waals surface area contributed by atoms with Crippen LogP contribution in [-0.2, 0) is 19.2 Å². The number of piperazine rings is 1. The third-order valence-corrected chi connectivity index (χ3v) is 9.37. The number of H-pyrrole nitrogens is 1. The number of nitrogens with two attached hydrogens (primary N) is 1.